The van der Waals surface area contributed by atoms with Crippen LogP contribution in [0.1, 0.15) is 23.0 Å². The molecule has 10 heteroatoms. The molecular weight excluding hydrogens is 452 g/mol. The standard InChI is InChI=1S/C21H16F4N2O2S2/c1-2-15(20(28)27-19-17(24)13(22)10-14(23)18(19)25)31-12-6-3-5-11(9-12)26-21(29)16-7-4-8-30-16/h3-10,15H,2H2,1H3,(H,26,29)(H,27,28). The normalized spacial score (nSPS) is 11.8. The average Bonchev–Trinajstić information content (AvgIpc) is 3.29. The Bertz CT molecular complexity index is 1080. The number of amides is 2. The van der Waals surface area contributed by atoms with Gasteiger partial charge in [-0.15, -0.1) is 23.1 Å². The van der Waals surface area contributed by atoms with Gasteiger partial charge in [0.15, 0.2) is 23.3 Å². The molecule has 2 N–H and O–H groups in total. The van der Waals surface area contributed by atoms with Gasteiger partial charge in [-0.3, -0.25) is 9.59 Å². The number of benzene rings is 2. The van der Waals surface area contributed by atoms with Gasteiger partial charge in [0.2, 0.25) is 5.91 Å². The Morgan fingerprint density at radius 2 is 1.71 bits per heavy atom. The van der Waals surface area contributed by atoms with Crippen molar-refractivity contribution in [2.24, 2.45) is 0 Å². The Labute approximate surface area is 183 Å². The number of hydrogen-bond acceptors (Lipinski definition) is 4. The van der Waals surface area contributed by atoms with E-state index in [9.17, 15) is 27.2 Å². The third kappa shape index (κ3) is 5.45. The van der Waals surface area contributed by atoms with Crippen LogP contribution in [0.5, 0.6) is 0 Å². The van der Waals surface area contributed by atoms with Gasteiger partial charge in [-0.1, -0.05) is 19.1 Å². The molecule has 0 aliphatic heterocycles. The molecule has 0 bridgehead atoms. The summed E-state index contributed by atoms with van der Waals surface area (Å²) in [5, 5.41) is 5.65. The van der Waals surface area contributed by atoms with Gasteiger partial charge in [-0.25, -0.2) is 17.6 Å². The van der Waals surface area contributed by atoms with Crippen LogP contribution < -0.4 is 10.6 Å². The van der Waals surface area contributed by atoms with Crippen molar-refractivity contribution < 1.29 is 27.2 Å². The van der Waals surface area contributed by atoms with Crippen molar-refractivity contribution in [3.05, 3.63) is 76.0 Å². The van der Waals surface area contributed by atoms with Gasteiger partial charge in [-0.2, -0.15) is 0 Å². The van der Waals surface area contributed by atoms with Gasteiger partial charge in [0, 0.05) is 16.6 Å². The first-order valence-electron chi connectivity index (χ1n) is 9.05. The first kappa shape index (κ1) is 22.8. The average molecular weight is 468 g/mol. The Hall–Kier alpha value is -2.85. The maximum Gasteiger partial charge on any atom is 0.265 e. The second-order valence-corrected chi connectivity index (χ2v) is 8.53. The summed E-state index contributed by atoms with van der Waals surface area (Å²) in [5.74, 6) is -7.66. The minimum atomic E-state index is -1.68. The van der Waals surface area contributed by atoms with Crippen LogP contribution in [0.4, 0.5) is 28.9 Å². The van der Waals surface area contributed by atoms with Gasteiger partial charge >= 0.3 is 0 Å². The second kappa shape index (κ2) is 9.97. The van der Waals surface area contributed by atoms with Crippen LogP contribution in [0.2, 0.25) is 0 Å². The van der Waals surface area contributed by atoms with Gasteiger partial charge in [0.1, 0.15) is 5.69 Å². The van der Waals surface area contributed by atoms with Crippen molar-refractivity contribution in [3.63, 3.8) is 0 Å². The third-order valence-electron chi connectivity index (χ3n) is 4.14. The predicted octanol–water partition coefficient (Wildman–Crippen LogP) is 6.07. The summed E-state index contributed by atoms with van der Waals surface area (Å²) >= 11 is 2.37. The maximum atomic E-state index is 13.8. The van der Waals surface area contributed by atoms with Crippen molar-refractivity contribution in [1.82, 2.24) is 0 Å². The smallest absolute Gasteiger partial charge is 0.265 e. The second-order valence-electron chi connectivity index (χ2n) is 6.31. The van der Waals surface area contributed by atoms with Crippen LogP contribution in [0.25, 0.3) is 0 Å². The molecule has 1 atom stereocenters. The van der Waals surface area contributed by atoms with E-state index in [1.165, 1.54) is 11.3 Å². The van der Waals surface area contributed by atoms with E-state index >= 15 is 0 Å². The number of carbonyl (C=O) groups is 2. The minimum Gasteiger partial charge on any atom is -0.321 e. The highest BCUT2D eigenvalue weighted by Crippen LogP contribution is 2.30. The minimum absolute atomic E-state index is 0.0718. The molecule has 1 aromatic heterocycles. The lowest BCUT2D eigenvalue weighted by molar-refractivity contribution is -0.115. The van der Waals surface area contributed by atoms with Crippen molar-refractivity contribution in [2.75, 3.05) is 10.6 Å². The molecule has 0 radical (unpaired) electrons. The fraction of sp³-hybridized carbons (Fsp3) is 0.143. The molecule has 0 aliphatic carbocycles. The Morgan fingerprint density at radius 1 is 1.00 bits per heavy atom. The highest BCUT2D eigenvalue weighted by Gasteiger charge is 2.25. The predicted molar refractivity (Wildman–Crippen MR) is 114 cm³/mol. The molecule has 1 unspecified atom stereocenters. The molecule has 31 heavy (non-hydrogen) atoms. The fourth-order valence-electron chi connectivity index (χ4n) is 2.62. The van der Waals surface area contributed by atoms with E-state index in [2.05, 4.69) is 5.32 Å². The van der Waals surface area contributed by atoms with E-state index in [1.807, 2.05) is 5.32 Å². The molecule has 1 heterocycles. The highest BCUT2D eigenvalue weighted by molar-refractivity contribution is 8.00. The van der Waals surface area contributed by atoms with Crippen LogP contribution in [-0.2, 0) is 4.79 Å². The lowest BCUT2D eigenvalue weighted by atomic mass is 10.2. The summed E-state index contributed by atoms with van der Waals surface area (Å²) in [6, 6.07) is 10.2. The number of thiophene rings is 1. The molecule has 0 spiro atoms. The molecule has 162 valence electrons. The quantitative estimate of drug-likeness (QED) is 0.252. The zero-order chi connectivity index (χ0) is 22.5. The number of carbonyl (C=O) groups excluding carboxylic acids is 2. The zero-order valence-electron chi connectivity index (χ0n) is 16.0. The number of halogens is 4. The molecule has 0 saturated heterocycles. The summed E-state index contributed by atoms with van der Waals surface area (Å²) in [5.41, 5.74) is -0.665. The van der Waals surface area contributed by atoms with Crippen molar-refractivity contribution in [2.45, 2.75) is 23.5 Å². The molecule has 3 rings (SSSR count). The summed E-state index contributed by atoms with van der Waals surface area (Å²) in [6.07, 6.45) is 0.267. The number of hydrogen-bond donors (Lipinski definition) is 2. The van der Waals surface area contributed by atoms with Crippen molar-refractivity contribution >= 4 is 46.3 Å². The largest absolute Gasteiger partial charge is 0.321 e. The first-order valence-corrected chi connectivity index (χ1v) is 10.8. The Kier molecular flexibility index (Phi) is 7.34. The molecule has 0 saturated carbocycles. The molecule has 0 fully saturated rings. The molecule has 2 amide bonds. The molecule has 2 aromatic carbocycles. The molecule has 4 nitrogen and oxygen atoms in total. The summed E-state index contributed by atoms with van der Waals surface area (Å²) < 4.78 is 54.4. The fourth-order valence-corrected chi connectivity index (χ4v) is 4.25. The summed E-state index contributed by atoms with van der Waals surface area (Å²) in [4.78, 5) is 25.9. The third-order valence-corrected chi connectivity index (χ3v) is 6.37. The lowest BCUT2D eigenvalue weighted by Crippen LogP contribution is -2.26. The molecular formula is C21H16F4N2O2S2. The number of thioether (sulfide) groups is 1. The van der Waals surface area contributed by atoms with Crippen LogP contribution >= 0.6 is 23.1 Å². The lowest BCUT2D eigenvalue weighted by Gasteiger charge is -2.16. The highest BCUT2D eigenvalue weighted by atomic mass is 32.2. The van der Waals surface area contributed by atoms with Gasteiger partial charge in [-0.05, 0) is 36.1 Å². The van der Waals surface area contributed by atoms with Crippen LogP contribution in [-0.4, -0.2) is 17.1 Å². The Morgan fingerprint density at radius 3 is 2.32 bits per heavy atom. The van der Waals surface area contributed by atoms with Gasteiger partial charge in [0.05, 0.1) is 10.1 Å². The number of nitrogens with one attached hydrogen (secondary N) is 2. The number of anilines is 2. The van der Waals surface area contributed by atoms with Gasteiger partial charge < -0.3 is 10.6 Å². The SMILES string of the molecule is CCC(Sc1cccc(NC(=O)c2cccs2)c1)C(=O)Nc1c(F)c(F)cc(F)c1F. The van der Waals surface area contributed by atoms with Crippen LogP contribution in [0.15, 0.2) is 52.7 Å². The molecule has 3 aromatic rings. The van der Waals surface area contributed by atoms with E-state index < -0.39 is 40.1 Å². The number of rotatable bonds is 7. The van der Waals surface area contributed by atoms with E-state index in [-0.39, 0.29) is 18.4 Å². The van der Waals surface area contributed by atoms with Crippen LogP contribution in [0.3, 0.4) is 0 Å². The first-order chi connectivity index (χ1) is 14.8. The van der Waals surface area contributed by atoms with E-state index in [4.69, 9.17) is 0 Å². The van der Waals surface area contributed by atoms with Crippen LogP contribution in [0, 0.1) is 23.3 Å². The van der Waals surface area contributed by atoms with Gasteiger partial charge in [0.25, 0.3) is 5.91 Å². The zero-order valence-corrected chi connectivity index (χ0v) is 17.7. The van der Waals surface area contributed by atoms with Crippen molar-refractivity contribution in [3.8, 4) is 0 Å². The maximum absolute atomic E-state index is 13.8. The van der Waals surface area contributed by atoms with Crippen molar-refractivity contribution in [1.29, 1.82) is 0 Å². The van der Waals surface area contributed by atoms with E-state index in [1.54, 1.807) is 48.7 Å². The summed E-state index contributed by atoms with van der Waals surface area (Å²) in [6.45, 7) is 1.68. The topological polar surface area (TPSA) is 58.2 Å². The van der Waals surface area contributed by atoms with E-state index in [0.717, 1.165) is 11.8 Å². The monoisotopic (exact) mass is 468 g/mol. The molecule has 0 aliphatic rings. The van der Waals surface area contributed by atoms with E-state index in [0.29, 0.717) is 15.5 Å². The Balaban J connectivity index is 1.73. The summed E-state index contributed by atoms with van der Waals surface area (Å²) in [7, 11) is 0.